The third-order valence-electron chi connectivity index (χ3n) is 2.39. The maximum atomic E-state index is 5.89. The highest BCUT2D eigenvalue weighted by Crippen LogP contribution is 2.35. The Morgan fingerprint density at radius 3 is 2.27 bits per heavy atom. The van der Waals surface area contributed by atoms with Crippen LogP contribution >= 0.6 is 0 Å². The van der Waals surface area contributed by atoms with Gasteiger partial charge in [0, 0.05) is 0 Å². The topological polar surface area (TPSA) is 9.23 Å². The number of ether oxygens (including phenoxy) is 1. The van der Waals surface area contributed by atoms with E-state index in [1.807, 2.05) is 6.08 Å². The van der Waals surface area contributed by atoms with Crippen molar-refractivity contribution in [2.75, 3.05) is 0 Å². The first-order valence-electron chi connectivity index (χ1n) is 4.31. The Balaban J connectivity index is 2.66. The molecule has 0 spiro atoms. The molecule has 0 amide bonds. The lowest BCUT2D eigenvalue weighted by atomic mass is 9.88. The molecule has 1 rings (SSSR count). The SMILES string of the molecule is C=C[C@@]1(C)CCCC(C)(C)O1. The second kappa shape index (κ2) is 2.63. The van der Waals surface area contributed by atoms with E-state index in [1.165, 1.54) is 6.42 Å². The lowest BCUT2D eigenvalue weighted by Gasteiger charge is -2.41. The molecule has 1 saturated heterocycles. The van der Waals surface area contributed by atoms with Crippen LogP contribution in [-0.4, -0.2) is 11.2 Å². The van der Waals surface area contributed by atoms with Gasteiger partial charge in [-0.25, -0.2) is 0 Å². The predicted octanol–water partition coefficient (Wildman–Crippen LogP) is 2.91. The molecule has 64 valence electrons. The number of rotatable bonds is 1. The van der Waals surface area contributed by atoms with Gasteiger partial charge >= 0.3 is 0 Å². The molecule has 1 atom stereocenters. The highest BCUT2D eigenvalue weighted by Gasteiger charge is 2.34. The molecule has 1 aliphatic heterocycles. The Kier molecular flexibility index (Phi) is 2.10. The summed E-state index contributed by atoms with van der Waals surface area (Å²) in [6.07, 6.45) is 5.44. The van der Waals surface area contributed by atoms with Gasteiger partial charge in [-0.3, -0.25) is 0 Å². The number of hydrogen-bond donors (Lipinski definition) is 0. The van der Waals surface area contributed by atoms with Crippen molar-refractivity contribution in [2.45, 2.75) is 51.2 Å². The molecule has 0 aromatic carbocycles. The minimum absolute atomic E-state index is 0.0428. The first-order chi connectivity index (χ1) is 4.97. The van der Waals surface area contributed by atoms with Crippen molar-refractivity contribution in [3.63, 3.8) is 0 Å². The van der Waals surface area contributed by atoms with Gasteiger partial charge in [0.25, 0.3) is 0 Å². The zero-order chi connectivity index (χ0) is 8.54. The molecule has 0 aromatic rings. The summed E-state index contributed by atoms with van der Waals surface area (Å²) in [5, 5.41) is 0. The Bertz CT molecular complexity index is 160. The highest BCUT2D eigenvalue weighted by molar-refractivity contribution is 4.98. The van der Waals surface area contributed by atoms with Gasteiger partial charge in [-0.2, -0.15) is 0 Å². The van der Waals surface area contributed by atoms with E-state index in [9.17, 15) is 0 Å². The monoisotopic (exact) mass is 154 g/mol. The first-order valence-corrected chi connectivity index (χ1v) is 4.31. The summed E-state index contributed by atoms with van der Waals surface area (Å²) in [4.78, 5) is 0. The van der Waals surface area contributed by atoms with Crippen molar-refractivity contribution in [3.8, 4) is 0 Å². The molecule has 0 radical (unpaired) electrons. The van der Waals surface area contributed by atoms with Gasteiger partial charge in [0.15, 0.2) is 0 Å². The Morgan fingerprint density at radius 2 is 1.91 bits per heavy atom. The van der Waals surface area contributed by atoms with E-state index in [1.54, 1.807) is 0 Å². The lowest BCUT2D eigenvalue weighted by Crippen LogP contribution is -2.41. The quantitative estimate of drug-likeness (QED) is 0.528. The van der Waals surface area contributed by atoms with E-state index in [4.69, 9.17) is 4.74 Å². The van der Waals surface area contributed by atoms with E-state index in [-0.39, 0.29) is 11.2 Å². The van der Waals surface area contributed by atoms with Gasteiger partial charge in [-0.05, 0) is 40.0 Å². The van der Waals surface area contributed by atoms with Crippen LogP contribution in [-0.2, 0) is 4.74 Å². The molecule has 0 saturated carbocycles. The van der Waals surface area contributed by atoms with Crippen LogP contribution in [0, 0.1) is 0 Å². The molecule has 0 bridgehead atoms. The zero-order valence-corrected chi connectivity index (χ0v) is 7.81. The van der Waals surface area contributed by atoms with Gasteiger partial charge in [0.05, 0.1) is 11.2 Å². The van der Waals surface area contributed by atoms with Crippen LogP contribution in [0.2, 0.25) is 0 Å². The molecule has 1 fully saturated rings. The van der Waals surface area contributed by atoms with Crippen molar-refractivity contribution in [3.05, 3.63) is 12.7 Å². The van der Waals surface area contributed by atoms with Crippen molar-refractivity contribution < 1.29 is 4.74 Å². The van der Waals surface area contributed by atoms with Crippen molar-refractivity contribution >= 4 is 0 Å². The third-order valence-corrected chi connectivity index (χ3v) is 2.39. The van der Waals surface area contributed by atoms with Crippen LogP contribution in [0.25, 0.3) is 0 Å². The van der Waals surface area contributed by atoms with E-state index >= 15 is 0 Å². The summed E-state index contributed by atoms with van der Waals surface area (Å²) < 4.78 is 5.89. The molecule has 1 heteroatoms. The Morgan fingerprint density at radius 1 is 1.27 bits per heavy atom. The Hall–Kier alpha value is -0.300. The molecular formula is C10H18O. The van der Waals surface area contributed by atoms with Gasteiger partial charge in [-0.15, -0.1) is 6.58 Å². The minimum atomic E-state index is -0.0816. The molecule has 1 nitrogen and oxygen atoms in total. The van der Waals surface area contributed by atoms with Gasteiger partial charge < -0.3 is 4.74 Å². The molecular weight excluding hydrogens is 136 g/mol. The third kappa shape index (κ3) is 2.06. The van der Waals surface area contributed by atoms with E-state index in [2.05, 4.69) is 27.4 Å². The molecule has 0 unspecified atom stereocenters. The minimum Gasteiger partial charge on any atom is -0.365 e. The fraction of sp³-hybridized carbons (Fsp3) is 0.800. The second-order valence-corrected chi connectivity index (χ2v) is 4.23. The molecule has 1 aliphatic rings. The van der Waals surface area contributed by atoms with E-state index in [0.29, 0.717) is 0 Å². The summed E-state index contributed by atoms with van der Waals surface area (Å²) in [7, 11) is 0. The molecule has 11 heavy (non-hydrogen) atoms. The molecule has 0 aliphatic carbocycles. The fourth-order valence-electron chi connectivity index (χ4n) is 1.74. The van der Waals surface area contributed by atoms with Gasteiger partial charge in [-0.1, -0.05) is 6.08 Å². The van der Waals surface area contributed by atoms with Crippen LogP contribution in [0.3, 0.4) is 0 Å². The molecule has 1 heterocycles. The highest BCUT2D eigenvalue weighted by atomic mass is 16.5. The zero-order valence-electron chi connectivity index (χ0n) is 7.81. The summed E-state index contributed by atoms with van der Waals surface area (Å²) in [6.45, 7) is 10.2. The standard InChI is InChI=1S/C10H18O/c1-5-10(4)8-6-7-9(2,3)11-10/h5H,1,6-8H2,2-4H3/t10-/m0/s1. The summed E-state index contributed by atoms with van der Waals surface area (Å²) >= 11 is 0. The maximum absolute atomic E-state index is 5.89. The summed E-state index contributed by atoms with van der Waals surface area (Å²) in [5.74, 6) is 0. The van der Waals surface area contributed by atoms with Crippen LogP contribution in [0.15, 0.2) is 12.7 Å². The first kappa shape index (κ1) is 8.79. The fourth-order valence-corrected chi connectivity index (χ4v) is 1.74. The average molecular weight is 154 g/mol. The maximum Gasteiger partial charge on any atom is 0.0839 e. The Labute approximate surface area is 69.4 Å². The normalized spacial score (nSPS) is 36.6. The lowest BCUT2D eigenvalue weighted by molar-refractivity contribution is -0.139. The van der Waals surface area contributed by atoms with E-state index in [0.717, 1.165) is 12.8 Å². The van der Waals surface area contributed by atoms with E-state index < -0.39 is 0 Å². The molecule has 0 aromatic heterocycles. The van der Waals surface area contributed by atoms with Crippen molar-refractivity contribution in [1.82, 2.24) is 0 Å². The largest absolute Gasteiger partial charge is 0.365 e. The van der Waals surface area contributed by atoms with Crippen LogP contribution in [0.5, 0.6) is 0 Å². The predicted molar refractivity (Wildman–Crippen MR) is 47.6 cm³/mol. The smallest absolute Gasteiger partial charge is 0.0839 e. The average Bonchev–Trinajstić information content (AvgIpc) is 1.85. The number of hydrogen-bond acceptors (Lipinski definition) is 1. The van der Waals surface area contributed by atoms with Crippen molar-refractivity contribution in [1.29, 1.82) is 0 Å². The van der Waals surface area contributed by atoms with Gasteiger partial charge in [0.1, 0.15) is 0 Å². The van der Waals surface area contributed by atoms with Gasteiger partial charge in [0.2, 0.25) is 0 Å². The van der Waals surface area contributed by atoms with Crippen LogP contribution in [0.4, 0.5) is 0 Å². The van der Waals surface area contributed by atoms with Crippen LogP contribution < -0.4 is 0 Å². The van der Waals surface area contributed by atoms with Crippen molar-refractivity contribution in [2.24, 2.45) is 0 Å². The summed E-state index contributed by atoms with van der Waals surface area (Å²) in [5.41, 5.74) is -0.0388. The molecule has 0 N–H and O–H groups in total. The second-order valence-electron chi connectivity index (χ2n) is 4.23. The summed E-state index contributed by atoms with van der Waals surface area (Å²) in [6, 6.07) is 0. The van der Waals surface area contributed by atoms with Crippen LogP contribution in [0.1, 0.15) is 40.0 Å².